The van der Waals surface area contributed by atoms with Crippen molar-refractivity contribution in [1.82, 2.24) is 4.72 Å². The number of nitrogens with two attached hydrogens (primary N) is 1. The summed E-state index contributed by atoms with van der Waals surface area (Å²) in [4.78, 5) is 0.0883. The number of rotatable bonds is 6. The molecule has 0 amide bonds. The van der Waals surface area contributed by atoms with Gasteiger partial charge in [0.05, 0.1) is 10.6 Å². The van der Waals surface area contributed by atoms with E-state index >= 15 is 0 Å². The molecule has 0 saturated carbocycles. The van der Waals surface area contributed by atoms with Crippen LogP contribution >= 0.6 is 0 Å². The van der Waals surface area contributed by atoms with Crippen LogP contribution in [0.2, 0.25) is 0 Å². The predicted molar refractivity (Wildman–Crippen MR) is 73.9 cm³/mol. The lowest BCUT2D eigenvalue weighted by Gasteiger charge is -2.08. The molecule has 1 unspecified atom stereocenters. The third kappa shape index (κ3) is 5.27. The van der Waals surface area contributed by atoms with Crippen LogP contribution in [0.4, 0.5) is 0 Å². The largest absolute Gasteiger partial charge is 0.324 e. The molecule has 1 aromatic rings. The number of hydrogen-bond acceptors (Lipinski definition) is 5. The molecule has 0 saturated heterocycles. The third-order valence-corrected chi connectivity index (χ3v) is 4.90. The Balaban J connectivity index is 2.77. The monoisotopic (exact) mass is 306 g/mol. The second kappa shape index (κ2) is 6.00. The molecule has 6 nitrogen and oxygen atoms in total. The summed E-state index contributed by atoms with van der Waals surface area (Å²) in [5.74, 6) is -0.232. The maximum Gasteiger partial charge on any atom is 0.240 e. The molecule has 0 aliphatic heterocycles. The summed E-state index contributed by atoms with van der Waals surface area (Å²) in [6.07, 6.45) is 1.05. The lowest BCUT2D eigenvalue weighted by molar-refractivity contribution is 0.582. The molecule has 8 heteroatoms. The normalized spacial score (nSPS) is 14.3. The number of sulfonamides is 1. The summed E-state index contributed by atoms with van der Waals surface area (Å²) in [5, 5.41) is 0. The van der Waals surface area contributed by atoms with Gasteiger partial charge in [-0.1, -0.05) is 12.1 Å². The minimum atomic E-state index is -3.68. The summed E-state index contributed by atoms with van der Waals surface area (Å²) >= 11 is 0. The SMILES string of the molecule is CC(N)c1ccc(S(=O)(=O)NCCS(C)(=O)=O)cc1. The summed E-state index contributed by atoms with van der Waals surface area (Å²) in [6.45, 7) is 1.66. The first kappa shape index (κ1) is 16.1. The molecule has 1 atom stereocenters. The molecule has 19 heavy (non-hydrogen) atoms. The standard InChI is InChI=1S/C11H18N2O4S2/c1-9(12)10-3-5-11(6-4-10)19(16,17)13-7-8-18(2,14)15/h3-6,9,13H,7-8,12H2,1-2H3. The second-order valence-electron chi connectivity index (χ2n) is 4.39. The van der Waals surface area contributed by atoms with Gasteiger partial charge >= 0.3 is 0 Å². The number of benzene rings is 1. The predicted octanol–water partition coefficient (Wildman–Crippen LogP) is 0.0292. The number of sulfone groups is 1. The van der Waals surface area contributed by atoms with Crippen LogP contribution in [-0.4, -0.2) is 35.4 Å². The zero-order chi connectivity index (χ0) is 14.7. The van der Waals surface area contributed by atoms with Gasteiger partial charge in [0.25, 0.3) is 0 Å². The molecule has 108 valence electrons. The van der Waals surface area contributed by atoms with Gasteiger partial charge in [-0.25, -0.2) is 21.6 Å². The van der Waals surface area contributed by atoms with Crippen LogP contribution in [0.1, 0.15) is 18.5 Å². The van der Waals surface area contributed by atoms with Crippen molar-refractivity contribution in [1.29, 1.82) is 0 Å². The fourth-order valence-corrected chi connectivity index (χ4v) is 3.03. The topological polar surface area (TPSA) is 106 Å². The Bertz CT molecular complexity index is 619. The average Bonchev–Trinajstić information content (AvgIpc) is 2.27. The molecule has 0 spiro atoms. The molecule has 1 rings (SSSR count). The fourth-order valence-electron chi connectivity index (χ4n) is 1.40. The number of hydrogen-bond donors (Lipinski definition) is 2. The van der Waals surface area contributed by atoms with E-state index in [4.69, 9.17) is 5.73 Å². The molecule has 0 aliphatic carbocycles. The van der Waals surface area contributed by atoms with Crippen LogP contribution in [-0.2, 0) is 19.9 Å². The maximum atomic E-state index is 11.9. The molecular weight excluding hydrogens is 288 g/mol. The number of nitrogens with one attached hydrogen (secondary N) is 1. The van der Waals surface area contributed by atoms with Crippen molar-refractivity contribution in [2.24, 2.45) is 5.73 Å². The Kier molecular flexibility index (Phi) is 5.08. The van der Waals surface area contributed by atoms with Crippen LogP contribution in [0.15, 0.2) is 29.2 Å². The van der Waals surface area contributed by atoms with E-state index in [1.165, 1.54) is 12.1 Å². The first-order chi connectivity index (χ1) is 8.62. The summed E-state index contributed by atoms with van der Waals surface area (Å²) < 4.78 is 47.8. The minimum Gasteiger partial charge on any atom is -0.324 e. The van der Waals surface area contributed by atoms with E-state index in [-0.39, 0.29) is 23.2 Å². The molecular formula is C11H18N2O4S2. The lowest BCUT2D eigenvalue weighted by Crippen LogP contribution is -2.28. The van der Waals surface area contributed by atoms with Crippen molar-refractivity contribution in [2.75, 3.05) is 18.6 Å². The van der Waals surface area contributed by atoms with Crippen molar-refractivity contribution in [3.63, 3.8) is 0 Å². The quantitative estimate of drug-likeness (QED) is 0.771. The Morgan fingerprint density at radius 1 is 1.16 bits per heavy atom. The summed E-state index contributed by atoms with van der Waals surface area (Å²) in [6, 6.07) is 5.99. The highest BCUT2D eigenvalue weighted by Gasteiger charge is 2.14. The van der Waals surface area contributed by atoms with Crippen LogP contribution in [0.3, 0.4) is 0 Å². The van der Waals surface area contributed by atoms with Gasteiger partial charge in [-0.2, -0.15) is 0 Å². The van der Waals surface area contributed by atoms with E-state index < -0.39 is 19.9 Å². The first-order valence-corrected chi connectivity index (χ1v) is 9.19. The third-order valence-electron chi connectivity index (χ3n) is 2.48. The van der Waals surface area contributed by atoms with Crippen molar-refractivity contribution < 1.29 is 16.8 Å². The van der Waals surface area contributed by atoms with E-state index in [2.05, 4.69) is 4.72 Å². The van der Waals surface area contributed by atoms with E-state index in [1.54, 1.807) is 19.1 Å². The molecule has 0 radical (unpaired) electrons. The Morgan fingerprint density at radius 3 is 2.11 bits per heavy atom. The fraction of sp³-hybridized carbons (Fsp3) is 0.455. The van der Waals surface area contributed by atoms with Gasteiger partial charge in [-0.05, 0) is 24.6 Å². The molecule has 0 aromatic heterocycles. The average molecular weight is 306 g/mol. The van der Waals surface area contributed by atoms with Crippen LogP contribution < -0.4 is 10.5 Å². The highest BCUT2D eigenvalue weighted by molar-refractivity contribution is 7.91. The van der Waals surface area contributed by atoms with E-state index in [1.807, 2.05) is 0 Å². The van der Waals surface area contributed by atoms with Crippen molar-refractivity contribution in [2.45, 2.75) is 17.9 Å². The lowest BCUT2D eigenvalue weighted by atomic mass is 10.1. The van der Waals surface area contributed by atoms with E-state index in [9.17, 15) is 16.8 Å². The zero-order valence-electron chi connectivity index (χ0n) is 10.8. The summed E-state index contributed by atoms with van der Waals surface area (Å²) in [5.41, 5.74) is 6.50. The smallest absolute Gasteiger partial charge is 0.240 e. The highest BCUT2D eigenvalue weighted by atomic mass is 32.2. The molecule has 0 bridgehead atoms. The minimum absolute atomic E-state index is 0.0883. The van der Waals surface area contributed by atoms with E-state index in [0.29, 0.717) is 0 Å². The highest BCUT2D eigenvalue weighted by Crippen LogP contribution is 2.14. The van der Waals surface area contributed by atoms with Crippen LogP contribution in [0.5, 0.6) is 0 Å². The van der Waals surface area contributed by atoms with Gasteiger partial charge in [-0.15, -0.1) is 0 Å². The molecule has 1 aromatic carbocycles. The molecule has 3 N–H and O–H groups in total. The van der Waals surface area contributed by atoms with E-state index in [0.717, 1.165) is 11.8 Å². The Labute approximate surface area is 114 Å². The van der Waals surface area contributed by atoms with Gasteiger partial charge in [0.1, 0.15) is 9.84 Å². The molecule has 0 heterocycles. The first-order valence-electron chi connectivity index (χ1n) is 5.65. The van der Waals surface area contributed by atoms with Crippen molar-refractivity contribution >= 4 is 19.9 Å². The zero-order valence-corrected chi connectivity index (χ0v) is 12.5. The van der Waals surface area contributed by atoms with Gasteiger partial charge in [-0.3, -0.25) is 0 Å². The van der Waals surface area contributed by atoms with Crippen LogP contribution in [0.25, 0.3) is 0 Å². The van der Waals surface area contributed by atoms with Gasteiger partial charge in [0, 0.05) is 18.8 Å². The molecule has 0 aliphatic rings. The molecule has 0 fully saturated rings. The summed E-state index contributed by atoms with van der Waals surface area (Å²) in [7, 11) is -6.87. The van der Waals surface area contributed by atoms with Gasteiger partial charge < -0.3 is 5.73 Å². The second-order valence-corrected chi connectivity index (χ2v) is 8.41. The van der Waals surface area contributed by atoms with Crippen molar-refractivity contribution in [3.05, 3.63) is 29.8 Å². The Hall–Kier alpha value is -0.960. The van der Waals surface area contributed by atoms with Gasteiger partial charge in [0.15, 0.2) is 0 Å². The Morgan fingerprint density at radius 2 is 1.68 bits per heavy atom. The van der Waals surface area contributed by atoms with Crippen LogP contribution in [0, 0.1) is 0 Å². The van der Waals surface area contributed by atoms with Gasteiger partial charge in [0.2, 0.25) is 10.0 Å². The van der Waals surface area contributed by atoms with Crippen molar-refractivity contribution in [3.8, 4) is 0 Å². The maximum absolute atomic E-state index is 11.9.